The third-order valence-corrected chi connectivity index (χ3v) is 4.39. The molecule has 0 saturated carbocycles. The number of carboxylic acid groups (broad SMARTS) is 1. The Morgan fingerprint density at radius 1 is 1.04 bits per heavy atom. The number of hydrogen-bond acceptors (Lipinski definition) is 3. The van der Waals surface area contributed by atoms with Gasteiger partial charge in [0.2, 0.25) is 5.78 Å². The summed E-state index contributed by atoms with van der Waals surface area (Å²) in [5, 5.41) is 9.99. The molecule has 1 N–H and O–H groups in total. The van der Waals surface area contributed by atoms with Crippen LogP contribution in [0.5, 0.6) is 0 Å². The summed E-state index contributed by atoms with van der Waals surface area (Å²) >= 11 is 0. The molecule has 5 nitrogen and oxygen atoms in total. The standard InChI is InChI=1S/C19H17NO4.ClH/c1-13(21)17(22)20-16-10-6-5-9-15(16)12-19(20,18(23)24)11-14-7-3-2-4-8-14;/h2-10H,11-12H2,1H3,(H,23,24);1H/t19-;/m0./s1. The molecule has 1 heterocycles. The first-order chi connectivity index (χ1) is 11.5. The van der Waals surface area contributed by atoms with Crippen molar-refractivity contribution in [3.8, 4) is 0 Å². The Hall–Kier alpha value is -2.66. The number of carbonyl (C=O) groups is 3. The predicted octanol–water partition coefficient (Wildman–Crippen LogP) is 2.65. The number of carboxylic acids is 1. The van der Waals surface area contributed by atoms with Crippen molar-refractivity contribution in [3.63, 3.8) is 0 Å². The van der Waals surface area contributed by atoms with Gasteiger partial charge in [-0.25, -0.2) is 4.79 Å². The maximum absolute atomic E-state index is 12.5. The van der Waals surface area contributed by atoms with E-state index >= 15 is 0 Å². The summed E-state index contributed by atoms with van der Waals surface area (Å²) in [5.41, 5.74) is 0.559. The van der Waals surface area contributed by atoms with E-state index in [0.29, 0.717) is 5.69 Å². The maximum Gasteiger partial charge on any atom is 0.330 e. The van der Waals surface area contributed by atoms with E-state index in [2.05, 4.69) is 0 Å². The number of halogens is 1. The maximum atomic E-state index is 12.5. The molecule has 3 rings (SSSR count). The third kappa shape index (κ3) is 3.15. The molecule has 2 aromatic carbocycles. The minimum absolute atomic E-state index is 0. The molecule has 1 aliphatic rings. The quantitative estimate of drug-likeness (QED) is 0.851. The van der Waals surface area contributed by atoms with Gasteiger partial charge < -0.3 is 5.11 Å². The first kappa shape index (κ1) is 18.7. The first-order valence-electron chi connectivity index (χ1n) is 7.66. The van der Waals surface area contributed by atoms with Crippen LogP contribution in [-0.4, -0.2) is 28.3 Å². The summed E-state index contributed by atoms with van der Waals surface area (Å²) < 4.78 is 0. The number of anilines is 1. The number of rotatable bonds is 4. The van der Waals surface area contributed by atoms with Gasteiger partial charge in [0.05, 0.1) is 0 Å². The zero-order valence-corrected chi connectivity index (χ0v) is 14.5. The molecule has 0 spiro atoms. The Labute approximate surface area is 151 Å². The number of aliphatic carboxylic acids is 1. The second-order valence-electron chi connectivity index (χ2n) is 6.00. The fraction of sp³-hybridized carbons (Fsp3) is 0.211. The van der Waals surface area contributed by atoms with Crippen LogP contribution in [-0.2, 0) is 27.2 Å². The summed E-state index contributed by atoms with van der Waals surface area (Å²) in [6, 6.07) is 16.2. The van der Waals surface area contributed by atoms with E-state index in [-0.39, 0.29) is 25.2 Å². The molecular weight excluding hydrogens is 342 g/mol. The van der Waals surface area contributed by atoms with Crippen LogP contribution in [0.2, 0.25) is 0 Å². The Balaban J connectivity index is 0.00000225. The average molecular weight is 360 g/mol. The number of para-hydroxylation sites is 1. The van der Waals surface area contributed by atoms with E-state index in [0.717, 1.165) is 11.1 Å². The first-order valence-corrected chi connectivity index (χ1v) is 7.66. The molecular formula is C19H18ClNO4. The van der Waals surface area contributed by atoms with Crippen LogP contribution in [0.4, 0.5) is 5.69 Å². The Morgan fingerprint density at radius 3 is 2.24 bits per heavy atom. The molecule has 0 aliphatic carbocycles. The van der Waals surface area contributed by atoms with Crippen LogP contribution >= 0.6 is 12.4 Å². The second-order valence-corrected chi connectivity index (χ2v) is 6.00. The number of benzene rings is 2. The van der Waals surface area contributed by atoms with Gasteiger partial charge in [0.25, 0.3) is 5.91 Å². The number of fused-ring (bicyclic) bond motifs is 1. The highest BCUT2D eigenvalue weighted by molar-refractivity contribution is 6.41. The van der Waals surface area contributed by atoms with Gasteiger partial charge in [-0.05, 0) is 17.2 Å². The van der Waals surface area contributed by atoms with Crippen molar-refractivity contribution in [1.29, 1.82) is 0 Å². The monoisotopic (exact) mass is 359 g/mol. The highest BCUT2D eigenvalue weighted by Crippen LogP contribution is 2.41. The largest absolute Gasteiger partial charge is 0.479 e. The van der Waals surface area contributed by atoms with Gasteiger partial charge >= 0.3 is 5.97 Å². The normalized spacial score (nSPS) is 18.2. The van der Waals surface area contributed by atoms with E-state index in [4.69, 9.17) is 0 Å². The van der Waals surface area contributed by atoms with Gasteiger partial charge in [0.1, 0.15) is 0 Å². The number of carbonyl (C=O) groups excluding carboxylic acids is 2. The van der Waals surface area contributed by atoms with Gasteiger partial charge in [-0.3, -0.25) is 14.5 Å². The summed E-state index contributed by atoms with van der Waals surface area (Å²) in [4.78, 5) is 37.6. The number of amides is 1. The minimum Gasteiger partial charge on any atom is -0.479 e. The van der Waals surface area contributed by atoms with Crippen molar-refractivity contribution in [3.05, 3.63) is 65.7 Å². The lowest BCUT2D eigenvalue weighted by molar-refractivity contribution is -0.146. The lowest BCUT2D eigenvalue weighted by atomic mass is 9.86. The highest BCUT2D eigenvalue weighted by atomic mass is 35.5. The van der Waals surface area contributed by atoms with Crippen LogP contribution in [0.15, 0.2) is 54.6 Å². The van der Waals surface area contributed by atoms with Crippen LogP contribution < -0.4 is 4.90 Å². The molecule has 1 aliphatic heterocycles. The molecule has 0 radical (unpaired) electrons. The summed E-state index contributed by atoms with van der Waals surface area (Å²) in [5.74, 6) is -2.58. The van der Waals surface area contributed by atoms with Crippen molar-refractivity contribution in [1.82, 2.24) is 0 Å². The summed E-state index contributed by atoms with van der Waals surface area (Å²) in [6.07, 6.45) is 0.309. The van der Waals surface area contributed by atoms with Crippen molar-refractivity contribution in [2.24, 2.45) is 0 Å². The zero-order valence-electron chi connectivity index (χ0n) is 13.6. The van der Waals surface area contributed by atoms with E-state index in [1.165, 1.54) is 11.8 Å². The van der Waals surface area contributed by atoms with Crippen LogP contribution in [0.1, 0.15) is 18.1 Å². The molecule has 1 amide bonds. The van der Waals surface area contributed by atoms with E-state index in [1.807, 2.05) is 30.3 Å². The SMILES string of the molecule is CC(=O)C(=O)N1c2ccccc2C[C@@]1(Cc1ccccc1)C(=O)O.Cl. The molecule has 0 fully saturated rings. The molecule has 25 heavy (non-hydrogen) atoms. The van der Waals surface area contributed by atoms with E-state index in [9.17, 15) is 19.5 Å². The number of nitrogens with zero attached hydrogens (tertiary/aromatic N) is 1. The molecule has 1 atom stereocenters. The van der Waals surface area contributed by atoms with E-state index < -0.39 is 23.2 Å². The van der Waals surface area contributed by atoms with Gasteiger partial charge in [0.15, 0.2) is 5.54 Å². The van der Waals surface area contributed by atoms with Gasteiger partial charge in [-0.15, -0.1) is 12.4 Å². The second kappa shape index (κ2) is 7.07. The Bertz CT molecular complexity index is 821. The molecule has 0 saturated heterocycles. The van der Waals surface area contributed by atoms with Crippen LogP contribution in [0, 0.1) is 0 Å². The molecule has 0 bridgehead atoms. The fourth-order valence-corrected chi connectivity index (χ4v) is 3.29. The number of Topliss-reactive ketones (excluding diaryl/α,β-unsaturated/α-hetero) is 1. The van der Waals surface area contributed by atoms with Gasteiger partial charge in [-0.2, -0.15) is 0 Å². The highest BCUT2D eigenvalue weighted by Gasteiger charge is 2.53. The summed E-state index contributed by atoms with van der Waals surface area (Å²) in [7, 11) is 0. The van der Waals surface area contributed by atoms with Gasteiger partial charge in [0, 0.05) is 25.5 Å². The molecule has 130 valence electrons. The van der Waals surface area contributed by atoms with E-state index in [1.54, 1.807) is 24.3 Å². The molecule has 6 heteroatoms. The molecule has 0 unspecified atom stereocenters. The molecule has 2 aromatic rings. The van der Waals surface area contributed by atoms with Crippen molar-refractivity contribution >= 4 is 35.8 Å². The number of hydrogen-bond donors (Lipinski definition) is 1. The van der Waals surface area contributed by atoms with Crippen molar-refractivity contribution < 1.29 is 19.5 Å². The molecule has 0 aromatic heterocycles. The Morgan fingerprint density at radius 2 is 1.64 bits per heavy atom. The fourth-order valence-electron chi connectivity index (χ4n) is 3.29. The predicted molar refractivity (Wildman–Crippen MR) is 96.1 cm³/mol. The lowest BCUT2D eigenvalue weighted by Crippen LogP contribution is -2.58. The topological polar surface area (TPSA) is 74.7 Å². The number of ketones is 1. The minimum atomic E-state index is -1.49. The summed E-state index contributed by atoms with van der Waals surface area (Å²) in [6.45, 7) is 1.17. The van der Waals surface area contributed by atoms with Crippen LogP contribution in [0.3, 0.4) is 0 Å². The lowest BCUT2D eigenvalue weighted by Gasteiger charge is -2.34. The third-order valence-electron chi connectivity index (χ3n) is 4.39. The van der Waals surface area contributed by atoms with Crippen LogP contribution in [0.25, 0.3) is 0 Å². The van der Waals surface area contributed by atoms with Crippen molar-refractivity contribution in [2.75, 3.05) is 4.90 Å². The Kier molecular flexibility index (Phi) is 5.28. The zero-order chi connectivity index (χ0) is 17.3. The smallest absolute Gasteiger partial charge is 0.330 e. The average Bonchev–Trinajstić information content (AvgIpc) is 2.90. The van der Waals surface area contributed by atoms with Crippen molar-refractivity contribution in [2.45, 2.75) is 25.3 Å². The van der Waals surface area contributed by atoms with Gasteiger partial charge in [-0.1, -0.05) is 48.5 Å².